The standard InChI is InChI=1S/C17H11Cl2FN6O/c18-12-3-1-4-14(20)11(12)8-25-9-13(19)15(24-25)23-17(27)10-7-22-26-6-2-5-21-16(10)26/h1-7,9H,8H2,(H,23,24,27). The van der Waals surface area contributed by atoms with Crippen LogP contribution in [0.25, 0.3) is 5.65 Å². The Kier molecular flexibility index (Phi) is 4.51. The van der Waals surface area contributed by atoms with Crippen LogP contribution in [0.4, 0.5) is 10.2 Å². The van der Waals surface area contributed by atoms with Crippen molar-refractivity contribution in [3.8, 4) is 0 Å². The van der Waals surface area contributed by atoms with Gasteiger partial charge in [-0.05, 0) is 18.2 Å². The number of benzene rings is 1. The molecule has 0 spiro atoms. The molecule has 1 N–H and O–H groups in total. The third-order valence-corrected chi connectivity index (χ3v) is 4.49. The molecular formula is C17H11Cl2FN6O. The Bertz CT molecular complexity index is 1140. The van der Waals surface area contributed by atoms with Crippen molar-refractivity contribution >= 4 is 40.6 Å². The Morgan fingerprint density at radius 2 is 2.07 bits per heavy atom. The van der Waals surface area contributed by atoms with E-state index < -0.39 is 11.7 Å². The molecular weight excluding hydrogens is 394 g/mol. The average Bonchev–Trinajstić information content (AvgIpc) is 3.22. The van der Waals surface area contributed by atoms with E-state index in [-0.39, 0.29) is 33.5 Å². The van der Waals surface area contributed by atoms with Crippen molar-refractivity contribution in [1.82, 2.24) is 24.4 Å². The molecule has 7 nitrogen and oxygen atoms in total. The van der Waals surface area contributed by atoms with E-state index in [2.05, 4.69) is 20.5 Å². The van der Waals surface area contributed by atoms with Gasteiger partial charge in [0.05, 0.1) is 12.7 Å². The molecule has 0 aliphatic heterocycles. The molecule has 1 amide bonds. The summed E-state index contributed by atoms with van der Waals surface area (Å²) in [5.74, 6) is -0.763. The molecule has 1 aromatic carbocycles. The molecule has 0 bridgehead atoms. The van der Waals surface area contributed by atoms with Crippen molar-refractivity contribution in [2.24, 2.45) is 0 Å². The van der Waals surface area contributed by atoms with Crippen LogP contribution < -0.4 is 5.32 Å². The van der Waals surface area contributed by atoms with Gasteiger partial charge in [-0.15, -0.1) is 0 Å². The second kappa shape index (κ2) is 6.98. The number of fused-ring (bicyclic) bond motifs is 1. The van der Waals surface area contributed by atoms with E-state index in [4.69, 9.17) is 23.2 Å². The second-order valence-corrected chi connectivity index (χ2v) is 6.44. The maximum atomic E-state index is 13.9. The van der Waals surface area contributed by atoms with Crippen molar-refractivity contribution in [2.75, 3.05) is 5.32 Å². The number of halogens is 3. The molecule has 4 rings (SSSR count). The van der Waals surface area contributed by atoms with Crippen LogP contribution in [-0.2, 0) is 6.54 Å². The van der Waals surface area contributed by atoms with Crippen molar-refractivity contribution in [1.29, 1.82) is 0 Å². The first-order chi connectivity index (χ1) is 13.0. The summed E-state index contributed by atoms with van der Waals surface area (Å²) in [7, 11) is 0. The minimum Gasteiger partial charge on any atom is -0.304 e. The average molecular weight is 405 g/mol. The van der Waals surface area contributed by atoms with E-state index in [0.717, 1.165) is 0 Å². The molecule has 27 heavy (non-hydrogen) atoms. The lowest BCUT2D eigenvalue weighted by Crippen LogP contribution is -2.13. The first-order valence-corrected chi connectivity index (χ1v) is 8.54. The van der Waals surface area contributed by atoms with Gasteiger partial charge in [0, 0.05) is 29.2 Å². The zero-order chi connectivity index (χ0) is 19.0. The first kappa shape index (κ1) is 17.4. The summed E-state index contributed by atoms with van der Waals surface area (Å²) in [5.41, 5.74) is 0.963. The number of hydrogen-bond donors (Lipinski definition) is 1. The zero-order valence-electron chi connectivity index (χ0n) is 13.6. The lowest BCUT2D eigenvalue weighted by molar-refractivity contribution is 0.102. The molecule has 3 heterocycles. The lowest BCUT2D eigenvalue weighted by Gasteiger charge is -2.06. The summed E-state index contributed by atoms with van der Waals surface area (Å²) >= 11 is 12.2. The van der Waals surface area contributed by atoms with Crippen molar-refractivity contribution in [2.45, 2.75) is 6.54 Å². The quantitative estimate of drug-likeness (QED) is 0.562. The predicted molar refractivity (Wildman–Crippen MR) is 98.7 cm³/mol. The van der Waals surface area contributed by atoms with E-state index >= 15 is 0 Å². The van der Waals surface area contributed by atoms with E-state index in [1.54, 1.807) is 24.5 Å². The number of carbonyl (C=O) groups excluding carboxylic acids is 1. The first-order valence-electron chi connectivity index (χ1n) is 7.78. The van der Waals surface area contributed by atoms with Gasteiger partial charge in [0.1, 0.15) is 16.4 Å². The Labute approximate surface area is 162 Å². The van der Waals surface area contributed by atoms with Crippen LogP contribution in [0.1, 0.15) is 15.9 Å². The third kappa shape index (κ3) is 3.36. The normalized spacial score (nSPS) is 11.1. The molecule has 0 aliphatic carbocycles. The summed E-state index contributed by atoms with van der Waals surface area (Å²) in [5, 5.41) is 11.4. The second-order valence-electron chi connectivity index (χ2n) is 5.62. The minimum atomic E-state index is -0.459. The summed E-state index contributed by atoms with van der Waals surface area (Å²) in [6, 6.07) is 6.13. The summed E-state index contributed by atoms with van der Waals surface area (Å²) in [6.07, 6.45) is 6.13. The number of aromatic nitrogens is 5. The van der Waals surface area contributed by atoms with Gasteiger partial charge in [0.2, 0.25) is 0 Å². The van der Waals surface area contributed by atoms with Gasteiger partial charge in [-0.25, -0.2) is 13.9 Å². The van der Waals surface area contributed by atoms with Gasteiger partial charge >= 0.3 is 0 Å². The number of hydrogen-bond acceptors (Lipinski definition) is 4. The maximum Gasteiger partial charge on any atom is 0.262 e. The Morgan fingerprint density at radius 3 is 2.89 bits per heavy atom. The number of rotatable bonds is 4. The van der Waals surface area contributed by atoms with Crippen molar-refractivity contribution in [3.63, 3.8) is 0 Å². The highest BCUT2D eigenvalue weighted by molar-refractivity contribution is 6.33. The monoisotopic (exact) mass is 404 g/mol. The highest BCUT2D eigenvalue weighted by Gasteiger charge is 2.18. The molecule has 0 fully saturated rings. The third-order valence-electron chi connectivity index (χ3n) is 3.85. The van der Waals surface area contributed by atoms with Gasteiger partial charge in [-0.3, -0.25) is 9.48 Å². The van der Waals surface area contributed by atoms with Gasteiger partial charge in [-0.2, -0.15) is 10.2 Å². The largest absolute Gasteiger partial charge is 0.304 e. The minimum absolute atomic E-state index is 0.0688. The fourth-order valence-electron chi connectivity index (χ4n) is 2.57. The van der Waals surface area contributed by atoms with E-state index in [9.17, 15) is 9.18 Å². The maximum absolute atomic E-state index is 13.9. The fourth-order valence-corrected chi connectivity index (χ4v) is 2.99. The highest BCUT2D eigenvalue weighted by Crippen LogP contribution is 2.24. The Balaban J connectivity index is 1.58. The molecule has 10 heteroatoms. The zero-order valence-corrected chi connectivity index (χ0v) is 15.1. The highest BCUT2D eigenvalue weighted by atomic mass is 35.5. The van der Waals surface area contributed by atoms with Gasteiger partial charge in [0.25, 0.3) is 5.91 Å². The predicted octanol–water partition coefficient (Wildman–Crippen LogP) is 3.67. The number of nitrogens with zero attached hydrogens (tertiary/aromatic N) is 5. The van der Waals surface area contributed by atoms with Crippen LogP contribution in [0.2, 0.25) is 10.0 Å². The van der Waals surface area contributed by atoms with Crippen LogP contribution in [0.5, 0.6) is 0 Å². The van der Waals surface area contributed by atoms with Crippen LogP contribution in [-0.4, -0.2) is 30.3 Å². The van der Waals surface area contributed by atoms with E-state index in [1.807, 2.05) is 0 Å². The number of nitrogens with one attached hydrogen (secondary N) is 1. The van der Waals surface area contributed by atoms with E-state index in [1.165, 1.54) is 33.7 Å². The number of carbonyl (C=O) groups is 1. The topological polar surface area (TPSA) is 77.1 Å². The lowest BCUT2D eigenvalue weighted by atomic mass is 10.2. The van der Waals surface area contributed by atoms with Crippen LogP contribution >= 0.6 is 23.2 Å². The molecule has 136 valence electrons. The number of amides is 1. The SMILES string of the molecule is O=C(Nc1nn(Cc2c(F)cccc2Cl)cc1Cl)c1cnn2cccnc12. The van der Waals surface area contributed by atoms with Crippen LogP contribution in [0.15, 0.2) is 49.1 Å². The molecule has 0 aliphatic rings. The Hall–Kier alpha value is -2.97. The van der Waals surface area contributed by atoms with Crippen molar-refractivity contribution < 1.29 is 9.18 Å². The Morgan fingerprint density at radius 1 is 1.22 bits per heavy atom. The molecule has 3 aromatic heterocycles. The molecule has 0 saturated heterocycles. The fraction of sp³-hybridized carbons (Fsp3) is 0.0588. The smallest absolute Gasteiger partial charge is 0.262 e. The summed E-state index contributed by atoms with van der Waals surface area (Å²) in [6.45, 7) is 0.0688. The number of anilines is 1. The molecule has 0 unspecified atom stereocenters. The van der Waals surface area contributed by atoms with Crippen LogP contribution in [0, 0.1) is 5.82 Å². The molecule has 0 atom stereocenters. The summed E-state index contributed by atoms with van der Waals surface area (Å²) in [4.78, 5) is 16.7. The summed E-state index contributed by atoms with van der Waals surface area (Å²) < 4.78 is 16.8. The molecule has 0 saturated carbocycles. The molecule has 0 radical (unpaired) electrons. The van der Waals surface area contributed by atoms with E-state index in [0.29, 0.717) is 5.65 Å². The van der Waals surface area contributed by atoms with Gasteiger partial charge in [-0.1, -0.05) is 29.3 Å². The van der Waals surface area contributed by atoms with Crippen molar-refractivity contribution in [3.05, 3.63) is 76.0 Å². The molecule has 4 aromatic rings. The van der Waals surface area contributed by atoms with Gasteiger partial charge in [0.15, 0.2) is 11.5 Å². The van der Waals surface area contributed by atoms with Gasteiger partial charge < -0.3 is 5.32 Å². The van der Waals surface area contributed by atoms with Crippen LogP contribution in [0.3, 0.4) is 0 Å².